The largest absolute Gasteiger partial charge is 0.490 e. The number of carbonyl (C=O) groups is 1. The molecule has 23 heavy (non-hydrogen) atoms. The Morgan fingerprint density at radius 3 is 2.39 bits per heavy atom. The lowest BCUT2D eigenvalue weighted by atomic mass is 10.2. The topological polar surface area (TPSA) is 78.7 Å². The number of rotatable bonds is 5. The SMILES string of the molecule is CC(C)Oc1ccc(Br)cc1C(=O)Oc1ccc([N+](=O)[O-])cc1. The Bertz CT molecular complexity index is 728. The highest BCUT2D eigenvalue weighted by atomic mass is 79.9. The third kappa shape index (κ3) is 4.53. The Labute approximate surface area is 141 Å². The van der Waals surface area contributed by atoms with Gasteiger partial charge in [-0.25, -0.2) is 4.79 Å². The molecule has 2 aromatic rings. The summed E-state index contributed by atoms with van der Waals surface area (Å²) in [6.07, 6.45) is -0.0953. The molecule has 0 amide bonds. The second kappa shape index (κ2) is 7.23. The molecule has 0 radical (unpaired) electrons. The van der Waals surface area contributed by atoms with Gasteiger partial charge in [-0.2, -0.15) is 0 Å². The molecule has 0 aliphatic heterocycles. The summed E-state index contributed by atoms with van der Waals surface area (Å²) in [6, 6.07) is 10.3. The third-order valence-corrected chi connectivity index (χ3v) is 3.28. The quantitative estimate of drug-likeness (QED) is 0.333. The number of esters is 1. The maximum Gasteiger partial charge on any atom is 0.347 e. The number of ether oxygens (including phenoxy) is 2. The van der Waals surface area contributed by atoms with Crippen LogP contribution in [0.5, 0.6) is 11.5 Å². The van der Waals surface area contributed by atoms with Crippen molar-refractivity contribution < 1.29 is 19.2 Å². The van der Waals surface area contributed by atoms with E-state index in [2.05, 4.69) is 15.9 Å². The number of hydrogen-bond donors (Lipinski definition) is 0. The molecule has 2 rings (SSSR count). The Hall–Kier alpha value is -2.41. The van der Waals surface area contributed by atoms with Gasteiger partial charge in [0.15, 0.2) is 0 Å². The number of nitrogens with zero attached hydrogens (tertiary/aromatic N) is 1. The fourth-order valence-electron chi connectivity index (χ4n) is 1.82. The zero-order valence-corrected chi connectivity index (χ0v) is 14.1. The predicted molar refractivity (Wildman–Crippen MR) is 88.0 cm³/mol. The highest BCUT2D eigenvalue weighted by Gasteiger charge is 2.17. The summed E-state index contributed by atoms with van der Waals surface area (Å²) in [5, 5.41) is 10.6. The average molecular weight is 380 g/mol. The minimum Gasteiger partial charge on any atom is -0.490 e. The van der Waals surface area contributed by atoms with E-state index >= 15 is 0 Å². The van der Waals surface area contributed by atoms with Crippen molar-refractivity contribution in [3.05, 3.63) is 62.6 Å². The van der Waals surface area contributed by atoms with Crippen molar-refractivity contribution >= 4 is 27.6 Å². The molecule has 0 unspecified atom stereocenters. The summed E-state index contributed by atoms with van der Waals surface area (Å²) in [7, 11) is 0. The fraction of sp³-hybridized carbons (Fsp3) is 0.188. The van der Waals surface area contributed by atoms with Crippen LogP contribution in [0.2, 0.25) is 0 Å². The number of nitro groups is 1. The maximum atomic E-state index is 12.3. The van der Waals surface area contributed by atoms with E-state index in [1.807, 2.05) is 13.8 Å². The molecular formula is C16H14BrNO5. The Kier molecular flexibility index (Phi) is 5.33. The van der Waals surface area contributed by atoms with Gasteiger partial charge in [0, 0.05) is 16.6 Å². The molecule has 0 aliphatic carbocycles. The van der Waals surface area contributed by atoms with Gasteiger partial charge in [-0.1, -0.05) is 15.9 Å². The standard InChI is InChI=1S/C16H14BrNO5/c1-10(2)22-15-8-3-11(17)9-14(15)16(19)23-13-6-4-12(5-7-13)18(20)21/h3-10H,1-2H3. The molecule has 0 saturated heterocycles. The van der Waals surface area contributed by atoms with Crippen LogP contribution in [-0.4, -0.2) is 17.0 Å². The van der Waals surface area contributed by atoms with Crippen molar-refractivity contribution in [3.63, 3.8) is 0 Å². The smallest absolute Gasteiger partial charge is 0.347 e. The monoisotopic (exact) mass is 379 g/mol. The molecule has 0 saturated carbocycles. The molecular weight excluding hydrogens is 366 g/mol. The van der Waals surface area contributed by atoms with Crippen LogP contribution in [0.4, 0.5) is 5.69 Å². The van der Waals surface area contributed by atoms with Gasteiger partial charge in [-0.15, -0.1) is 0 Å². The van der Waals surface area contributed by atoms with Gasteiger partial charge in [0.1, 0.15) is 17.1 Å². The number of benzene rings is 2. The molecule has 0 bridgehead atoms. The molecule has 0 heterocycles. The number of hydrogen-bond acceptors (Lipinski definition) is 5. The van der Waals surface area contributed by atoms with Crippen molar-refractivity contribution in [2.75, 3.05) is 0 Å². The molecule has 0 N–H and O–H groups in total. The van der Waals surface area contributed by atoms with Gasteiger partial charge in [0.05, 0.1) is 11.0 Å². The molecule has 0 atom stereocenters. The summed E-state index contributed by atoms with van der Waals surface area (Å²) in [5.74, 6) is 0.0296. The van der Waals surface area contributed by atoms with Crippen LogP contribution in [0, 0.1) is 10.1 Å². The van der Waals surface area contributed by atoms with Crippen LogP contribution in [0.15, 0.2) is 46.9 Å². The van der Waals surface area contributed by atoms with Gasteiger partial charge in [0.2, 0.25) is 0 Å². The number of halogens is 1. The Morgan fingerprint density at radius 1 is 1.17 bits per heavy atom. The van der Waals surface area contributed by atoms with Crippen LogP contribution in [0.1, 0.15) is 24.2 Å². The maximum absolute atomic E-state index is 12.3. The van der Waals surface area contributed by atoms with Gasteiger partial charge in [0.25, 0.3) is 5.69 Å². The minimum atomic E-state index is -0.601. The van der Waals surface area contributed by atoms with E-state index < -0.39 is 10.9 Å². The molecule has 6 nitrogen and oxygen atoms in total. The summed E-state index contributed by atoms with van der Waals surface area (Å²) in [4.78, 5) is 22.4. The highest BCUT2D eigenvalue weighted by molar-refractivity contribution is 9.10. The van der Waals surface area contributed by atoms with Crippen LogP contribution in [0.3, 0.4) is 0 Å². The molecule has 120 valence electrons. The first-order chi connectivity index (χ1) is 10.9. The molecule has 0 spiro atoms. The lowest BCUT2D eigenvalue weighted by Crippen LogP contribution is -2.14. The number of non-ortho nitro benzene ring substituents is 1. The van der Waals surface area contributed by atoms with E-state index in [-0.39, 0.29) is 23.1 Å². The van der Waals surface area contributed by atoms with E-state index in [9.17, 15) is 14.9 Å². The van der Waals surface area contributed by atoms with E-state index in [0.29, 0.717) is 10.2 Å². The van der Waals surface area contributed by atoms with E-state index in [1.165, 1.54) is 24.3 Å². The van der Waals surface area contributed by atoms with Crippen LogP contribution in [0.25, 0.3) is 0 Å². The zero-order valence-electron chi connectivity index (χ0n) is 12.5. The fourth-order valence-corrected chi connectivity index (χ4v) is 2.18. The normalized spacial score (nSPS) is 10.4. The van der Waals surface area contributed by atoms with Crippen molar-refractivity contribution in [3.8, 4) is 11.5 Å². The van der Waals surface area contributed by atoms with Crippen molar-refractivity contribution in [1.29, 1.82) is 0 Å². The average Bonchev–Trinajstić information content (AvgIpc) is 2.49. The van der Waals surface area contributed by atoms with Crippen LogP contribution in [-0.2, 0) is 0 Å². The van der Waals surface area contributed by atoms with Crippen molar-refractivity contribution in [1.82, 2.24) is 0 Å². The third-order valence-electron chi connectivity index (χ3n) is 2.78. The van der Waals surface area contributed by atoms with Crippen LogP contribution < -0.4 is 9.47 Å². The molecule has 2 aromatic carbocycles. The van der Waals surface area contributed by atoms with Crippen molar-refractivity contribution in [2.24, 2.45) is 0 Å². The second-order valence-corrected chi connectivity index (χ2v) is 5.86. The van der Waals surface area contributed by atoms with Crippen molar-refractivity contribution in [2.45, 2.75) is 20.0 Å². The number of carbonyl (C=O) groups excluding carboxylic acids is 1. The first kappa shape index (κ1) is 17.0. The lowest BCUT2D eigenvalue weighted by molar-refractivity contribution is -0.384. The first-order valence-corrected chi connectivity index (χ1v) is 7.59. The summed E-state index contributed by atoms with van der Waals surface area (Å²) in [6.45, 7) is 3.71. The molecule has 0 aromatic heterocycles. The van der Waals surface area contributed by atoms with Gasteiger partial charge in [-0.05, 0) is 44.2 Å². The molecule has 0 fully saturated rings. The first-order valence-electron chi connectivity index (χ1n) is 6.79. The van der Waals surface area contributed by atoms with Gasteiger partial charge < -0.3 is 9.47 Å². The van der Waals surface area contributed by atoms with Crippen LogP contribution >= 0.6 is 15.9 Å². The predicted octanol–water partition coefficient (Wildman–Crippen LogP) is 4.36. The lowest BCUT2D eigenvalue weighted by Gasteiger charge is -2.14. The minimum absolute atomic E-state index is 0.0731. The highest BCUT2D eigenvalue weighted by Crippen LogP contribution is 2.26. The van der Waals surface area contributed by atoms with E-state index in [4.69, 9.17) is 9.47 Å². The van der Waals surface area contributed by atoms with Gasteiger partial charge in [-0.3, -0.25) is 10.1 Å². The summed E-state index contributed by atoms with van der Waals surface area (Å²) in [5.41, 5.74) is 0.197. The second-order valence-electron chi connectivity index (χ2n) is 4.95. The summed E-state index contributed by atoms with van der Waals surface area (Å²) < 4.78 is 11.6. The Balaban J connectivity index is 2.23. The number of nitro benzene ring substituents is 1. The van der Waals surface area contributed by atoms with E-state index in [1.54, 1.807) is 18.2 Å². The molecule has 7 heteroatoms. The zero-order chi connectivity index (χ0) is 17.0. The van der Waals surface area contributed by atoms with Gasteiger partial charge >= 0.3 is 5.97 Å². The Morgan fingerprint density at radius 2 is 1.83 bits per heavy atom. The van der Waals surface area contributed by atoms with E-state index in [0.717, 1.165) is 0 Å². The molecule has 0 aliphatic rings. The summed E-state index contributed by atoms with van der Waals surface area (Å²) >= 11 is 3.30.